The maximum atomic E-state index is 11.2. The molecule has 1 aliphatic rings. The van der Waals surface area contributed by atoms with Crippen molar-refractivity contribution in [1.82, 2.24) is 5.32 Å². The third-order valence-electron chi connectivity index (χ3n) is 2.16. The lowest BCUT2D eigenvalue weighted by molar-refractivity contribution is -0.116. The van der Waals surface area contributed by atoms with Gasteiger partial charge in [0.2, 0.25) is 5.91 Å². The Kier molecular flexibility index (Phi) is 3.97. The number of alkyl halides is 1. The lowest BCUT2D eigenvalue weighted by Crippen LogP contribution is -2.35. The highest BCUT2D eigenvalue weighted by atomic mass is 79.9. The summed E-state index contributed by atoms with van der Waals surface area (Å²) in [4.78, 5) is 11.9. The monoisotopic (exact) mass is 245 g/mol. The molecule has 0 aromatic carbocycles. The Morgan fingerprint density at radius 1 is 1.54 bits per heavy atom. The zero-order valence-electron chi connectivity index (χ0n) is 8.14. The zero-order valence-corrected chi connectivity index (χ0v) is 9.73. The Morgan fingerprint density at radius 3 is 2.62 bits per heavy atom. The number of hydrogen-bond donors (Lipinski definition) is 1. The lowest BCUT2D eigenvalue weighted by atomic mass is 9.85. The standard InChI is InChI=1S/C10H16BrNO/c1-7(2)3-10(13)12-6-8-4-9(11)5-8/h3,8-9H,4-6H2,1-2H3,(H,12,13). The molecule has 0 bridgehead atoms. The minimum atomic E-state index is 0.0398. The number of halogens is 1. The lowest BCUT2D eigenvalue weighted by Gasteiger charge is -2.31. The Balaban J connectivity index is 2.13. The second-order valence-corrected chi connectivity index (χ2v) is 5.20. The van der Waals surface area contributed by atoms with Crippen LogP contribution in [0.25, 0.3) is 0 Å². The van der Waals surface area contributed by atoms with Gasteiger partial charge >= 0.3 is 0 Å². The van der Waals surface area contributed by atoms with Crippen molar-refractivity contribution in [3.05, 3.63) is 11.6 Å². The molecule has 0 heterocycles. The first kappa shape index (κ1) is 10.8. The summed E-state index contributed by atoms with van der Waals surface area (Å²) >= 11 is 3.52. The second kappa shape index (κ2) is 4.80. The van der Waals surface area contributed by atoms with Crippen molar-refractivity contribution < 1.29 is 4.79 Å². The molecule has 1 aliphatic carbocycles. The third-order valence-corrected chi connectivity index (χ3v) is 2.91. The quantitative estimate of drug-likeness (QED) is 0.600. The Hall–Kier alpha value is -0.310. The van der Waals surface area contributed by atoms with Gasteiger partial charge in [-0.05, 0) is 32.6 Å². The highest BCUT2D eigenvalue weighted by Gasteiger charge is 2.26. The number of hydrogen-bond acceptors (Lipinski definition) is 1. The maximum Gasteiger partial charge on any atom is 0.243 e. The van der Waals surface area contributed by atoms with E-state index in [2.05, 4.69) is 21.2 Å². The number of carbonyl (C=O) groups is 1. The Bertz CT molecular complexity index is 215. The van der Waals surface area contributed by atoms with Gasteiger partial charge in [-0.1, -0.05) is 21.5 Å². The Labute approximate surface area is 87.9 Å². The average molecular weight is 246 g/mol. The molecule has 74 valence electrons. The van der Waals surface area contributed by atoms with E-state index in [-0.39, 0.29) is 5.91 Å². The molecule has 3 heteroatoms. The predicted molar refractivity (Wildman–Crippen MR) is 57.9 cm³/mol. The van der Waals surface area contributed by atoms with E-state index >= 15 is 0 Å². The van der Waals surface area contributed by atoms with E-state index in [1.54, 1.807) is 6.08 Å². The SMILES string of the molecule is CC(C)=CC(=O)NCC1CC(Br)C1. The van der Waals surface area contributed by atoms with E-state index in [0.717, 1.165) is 12.1 Å². The molecule has 1 N–H and O–H groups in total. The molecule has 0 aliphatic heterocycles. The van der Waals surface area contributed by atoms with Crippen molar-refractivity contribution in [2.75, 3.05) is 6.54 Å². The molecule has 0 aromatic heterocycles. The normalized spacial score (nSPS) is 26.1. The van der Waals surface area contributed by atoms with E-state index in [1.165, 1.54) is 12.8 Å². The maximum absolute atomic E-state index is 11.2. The minimum absolute atomic E-state index is 0.0398. The zero-order chi connectivity index (χ0) is 9.84. The first-order valence-electron chi connectivity index (χ1n) is 4.64. The van der Waals surface area contributed by atoms with Gasteiger partial charge in [0.15, 0.2) is 0 Å². The fraction of sp³-hybridized carbons (Fsp3) is 0.700. The topological polar surface area (TPSA) is 29.1 Å². The van der Waals surface area contributed by atoms with E-state index in [1.807, 2.05) is 13.8 Å². The van der Waals surface area contributed by atoms with Gasteiger partial charge < -0.3 is 5.32 Å². The number of carbonyl (C=O) groups excluding carboxylic acids is 1. The number of amides is 1. The molecule has 0 spiro atoms. The molecular formula is C10H16BrNO. The van der Waals surface area contributed by atoms with Crippen molar-refractivity contribution in [3.63, 3.8) is 0 Å². The fourth-order valence-electron chi connectivity index (χ4n) is 1.38. The van der Waals surface area contributed by atoms with Crippen LogP contribution in [0, 0.1) is 5.92 Å². The number of allylic oxidation sites excluding steroid dienone is 1. The van der Waals surface area contributed by atoms with Crippen LogP contribution in [-0.4, -0.2) is 17.3 Å². The molecule has 0 radical (unpaired) electrons. The van der Waals surface area contributed by atoms with E-state index in [9.17, 15) is 4.79 Å². The summed E-state index contributed by atoms with van der Waals surface area (Å²) in [6.45, 7) is 4.68. The molecule has 2 nitrogen and oxygen atoms in total. The van der Waals surface area contributed by atoms with Crippen LogP contribution >= 0.6 is 15.9 Å². The van der Waals surface area contributed by atoms with Crippen LogP contribution in [0.15, 0.2) is 11.6 Å². The van der Waals surface area contributed by atoms with E-state index < -0.39 is 0 Å². The summed E-state index contributed by atoms with van der Waals surface area (Å²) in [7, 11) is 0. The summed E-state index contributed by atoms with van der Waals surface area (Å²) in [5.41, 5.74) is 1.05. The summed E-state index contributed by atoms with van der Waals surface area (Å²) in [5, 5.41) is 2.90. The van der Waals surface area contributed by atoms with Gasteiger partial charge in [-0.3, -0.25) is 4.79 Å². The fourth-order valence-corrected chi connectivity index (χ4v) is 2.44. The van der Waals surface area contributed by atoms with Crippen LogP contribution in [-0.2, 0) is 4.79 Å². The summed E-state index contributed by atoms with van der Waals surface area (Å²) < 4.78 is 0. The van der Waals surface area contributed by atoms with Gasteiger partial charge in [-0.15, -0.1) is 0 Å². The van der Waals surface area contributed by atoms with E-state index in [4.69, 9.17) is 0 Å². The molecule has 0 saturated heterocycles. The van der Waals surface area contributed by atoms with Crippen molar-refractivity contribution >= 4 is 21.8 Å². The van der Waals surface area contributed by atoms with Crippen molar-refractivity contribution in [2.45, 2.75) is 31.5 Å². The first-order chi connectivity index (χ1) is 6.08. The molecule has 1 fully saturated rings. The van der Waals surface area contributed by atoms with Gasteiger partial charge in [0.1, 0.15) is 0 Å². The van der Waals surface area contributed by atoms with Gasteiger partial charge in [-0.25, -0.2) is 0 Å². The minimum Gasteiger partial charge on any atom is -0.352 e. The van der Waals surface area contributed by atoms with Gasteiger partial charge in [-0.2, -0.15) is 0 Å². The van der Waals surface area contributed by atoms with Gasteiger partial charge in [0, 0.05) is 17.4 Å². The highest BCUT2D eigenvalue weighted by Crippen LogP contribution is 2.32. The molecule has 0 unspecified atom stereocenters. The van der Waals surface area contributed by atoms with Crippen LogP contribution < -0.4 is 5.32 Å². The van der Waals surface area contributed by atoms with Crippen LogP contribution in [0.5, 0.6) is 0 Å². The molecule has 1 rings (SSSR count). The second-order valence-electron chi connectivity index (χ2n) is 3.90. The van der Waals surface area contributed by atoms with Crippen LogP contribution in [0.2, 0.25) is 0 Å². The average Bonchev–Trinajstić information content (AvgIpc) is 1.94. The third kappa shape index (κ3) is 3.94. The van der Waals surface area contributed by atoms with Crippen LogP contribution in [0.3, 0.4) is 0 Å². The van der Waals surface area contributed by atoms with Crippen molar-refractivity contribution in [3.8, 4) is 0 Å². The molecule has 13 heavy (non-hydrogen) atoms. The van der Waals surface area contributed by atoms with Gasteiger partial charge in [0.25, 0.3) is 0 Å². The summed E-state index contributed by atoms with van der Waals surface area (Å²) in [5.74, 6) is 0.719. The number of nitrogens with one attached hydrogen (secondary N) is 1. The van der Waals surface area contributed by atoms with Crippen LogP contribution in [0.1, 0.15) is 26.7 Å². The van der Waals surface area contributed by atoms with Crippen LogP contribution in [0.4, 0.5) is 0 Å². The predicted octanol–water partition coefficient (Wildman–Crippen LogP) is 2.24. The molecule has 0 aromatic rings. The summed E-state index contributed by atoms with van der Waals surface area (Å²) in [6.07, 6.45) is 4.02. The molecule has 1 amide bonds. The first-order valence-corrected chi connectivity index (χ1v) is 5.56. The molecule has 1 saturated carbocycles. The van der Waals surface area contributed by atoms with Crippen molar-refractivity contribution in [2.24, 2.45) is 5.92 Å². The molecule has 0 atom stereocenters. The smallest absolute Gasteiger partial charge is 0.243 e. The molecular weight excluding hydrogens is 230 g/mol. The largest absolute Gasteiger partial charge is 0.352 e. The van der Waals surface area contributed by atoms with Crippen molar-refractivity contribution in [1.29, 1.82) is 0 Å². The van der Waals surface area contributed by atoms with Gasteiger partial charge in [0.05, 0.1) is 0 Å². The van der Waals surface area contributed by atoms with E-state index in [0.29, 0.717) is 10.7 Å². The number of rotatable bonds is 3. The highest BCUT2D eigenvalue weighted by molar-refractivity contribution is 9.09. The Morgan fingerprint density at radius 2 is 2.15 bits per heavy atom. The summed E-state index contributed by atoms with van der Waals surface area (Å²) in [6, 6.07) is 0.